The van der Waals surface area contributed by atoms with Gasteiger partial charge in [-0.05, 0) is 45.7 Å². The van der Waals surface area contributed by atoms with Gasteiger partial charge in [0.05, 0.1) is 0 Å². The van der Waals surface area contributed by atoms with Gasteiger partial charge < -0.3 is 10.6 Å². The second-order valence-corrected chi connectivity index (χ2v) is 6.56. The first-order chi connectivity index (χ1) is 8.95. The van der Waals surface area contributed by atoms with Gasteiger partial charge in [-0.2, -0.15) is 0 Å². The molecular formula is C15H32N4. The zero-order valence-corrected chi connectivity index (χ0v) is 13.4. The monoisotopic (exact) mass is 268 g/mol. The number of nitrogens with one attached hydrogen (secondary N) is 2. The normalized spacial score (nSPS) is 18.7. The van der Waals surface area contributed by atoms with Crippen molar-refractivity contribution in [2.45, 2.75) is 52.5 Å². The van der Waals surface area contributed by atoms with Crippen molar-refractivity contribution in [2.24, 2.45) is 10.9 Å². The molecule has 2 N–H and O–H groups in total. The lowest BCUT2D eigenvalue weighted by atomic mass is 9.98. The minimum Gasteiger partial charge on any atom is -0.356 e. The molecule has 0 unspecified atom stereocenters. The zero-order valence-electron chi connectivity index (χ0n) is 13.4. The summed E-state index contributed by atoms with van der Waals surface area (Å²) in [6.45, 7) is 13.4. The van der Waals surface area contributed by atoms with Crippen LogP contribution in [0.3, 0.4) is 0 Å². The predicted octanol–water partition coefficient (Wildman–Crippen LogP) is 2.07. The van der Waals surface area contributed by atoms with Crippen molar-refractivity contribution in [2.75, 3.05) is 33.2 Å². The van der Waals surface area contributed by atoms with Gasteiger partial charge in [0.1, 0.15) is 0 Å². The molecule has 1 aliphatic rings. The molecule has 0 bridgehead atoms. The highest BCUT2D eigenvalue weighted by Crippen LogP contribution is 2.19. The molecule has 1 fully saturated rings. The summed E-state index contributed by atoms with van der Waals surface area (Å²) >= 11 is 0. The molecule has 1 aliphatic heterocycles. The van der Waals surface area contributed by atoms with Gasteiger partial charge in [0, 0.05) is 25.7 Å². The number of nitrogens with zero attached hydrogens (tertiary/aromatic N) is 2. The average Bonchev–Trinajstić information content (AvgIpc) is 2.39. The minimum absolute atomic E-state index is 0.190. The Balaban J connectivity index is 2.39. The third kappa shape index (κ3) is 5.81. The lowest BCUT2D eigenvalue weighted by Crippen LogP contribution is -2.55. The van der Waals surface area contributed by atoms with E-state index in [0.29, 0.717) is 5.92 Å². The summed E-state index contributed by atoms with van der Waals surface area (Å²) in [5, 5.41) is 6.82. The fourth-order valence-electron chi connectivity index (χ4n) is 2.43. The highest BCUT2D eigenvalue weighted by molar-refractivity contribution is 5.79. The highest BCUT2D eigenvalue weighted by atomic mass is 15.2. The first kappa shape index (κ1) is 16.3. The van der Waals surface area contributed by atoms with Crippen molar-refractivity contribution in [3.8, 4) is 0 Å². The highest BCUT2D eigenvalue weighted by Gasteiger charge is 2.27. The van der Waals surface area contributed by atoms with Gasteiger partial charge in [0.15, 0.2) is 5.96 Å². The third-order valence-electron chi connectivity index (χ3n) is 3.80. The van der Waals surface area contributed by atoms with E-state index in [4.69, 9.17) is 0 Å². The van der Waals surface area contributed by atoms with Crippen molar-refractivity contribution < 1.29 is 0 Å². The average molecular weight is 268 g/mol. The van der Waals surface area contributed by atoms with Crippen LogP contribution in [-0.4, -0.2) is 49.6 Å². The molecule has 0 aromatic rings. The molecule has 0 atom stereocenters. The number of hydrogen-bond acceptors (Lipinski definition) is 2. The second-order valence-electron chi connectivity index (χ2n) is 6.56. The van der Waals surface area contributed by atoms with E-state index in [1.165, 1.54) is 32.4 Å². The summed E-state index contributed by atoms with van der Waals surface area (Å²) in [4.78, 5) is 6.88. The largest absolute Gasteiger partial charge is 0.356 e. The van der Waals surface area contributed by atoms with Crippen molar-refractivity contribution >= 4 is 5.96 Å². The van der Waals surface area contributed by atoms with Crippen LogP contribution in [-0.2, 0) is 0 Å². The molecule has 4 heteroatoms. The molecule has 1 heterocycles. The number of rotatable bonds is 5. The summed E-state index contributed by atoms with van der Waals surface area (Å²) in [6.07, 6.45) is 4.06. The van der Waals surface area contributed by atoms with Crippen LogP contribution in [0.4, 0.5) is 0 Å². The van der Waals surface area contributed by atoms with Crippen LogP contribution < -0.4 is 10.6 Å². The Morgan fingerprint density at radius 1 is 1.16 bits per heavy atom. The number of likely N-dealkylation sites (tertiary alicyclic amines) is 1. The lowest BCUT2D eigenvalue weighted by molar-refractivity contribution is 0.0982. The lowest BCUT2D eigenvalue weighted by Gasteiger charge is -2.41. The molecular weight excluding hydrogens is 236 g/mol. The molecule has 0 spiro atoms. The van der Waals surface area contributed by atoms with E-state index >= 15 is 0 Å². The van der Waals surface area contributed by atoms with Crippen LogP contribution >= 0.6 is 0 Å². The van der Waals surface area contributed by atoms with E-state index in [2.05, 4.69) is 48.2 Å². The second kappa shape index (κ2) is 7.73. The van der Waals surface area contributed by atoms with Crippen molar-refractivity contribution in [3.05, 3.63) is 0 Å². The molecule has 0 aromatic heterocycles. The molecule has 0 aromatic carbocycles. The SMILES string of the molecule is CN=C(NCC(C)C)NCC(C)(C)N1CCCCC1. The standard InChI is InChI=1S/C15H32N4/c1-13(2)11-17-14(16-5)18-12-15(3,4)19-9-7-6-8-10-19/h13H,6-12H2,1-5H3,(H2,16,17,18). The van der Waals surface area contributed by atoms with Crippen LogP contribution in [0.25, 0.3) is 0 Å². The number of piperidine rings is 1. The summed E-state index contributed by atoms with van der Waals surface area (Å²) in [6, 6.07) is 0. The maximum absolute atomic E-state index is 4.28. The van der Waals surface area contributed by atoms with E-state index < -0.39 is 0 Å². The Bertz CT molecular complexity index is 278. The quantitative estimate of drug-likeness (QED) is 0.592. The minimum atomic E-state index is 0.190. The number of guanidine groups is 1. The maximum Gasteiger partial charge on any atom is 0.191 e. The van der Waals surface area contributed by atoms with E-state index in [1.807, 2.05) is 7.05 Å². The van der Waals surface area contributed by atoms with Crippen LogP contribution in [0, 0.1) is 5.92 Å². The van der Waals surface area contributed by atoms with Gasteiger partial charge in [0.25, 0.3) is 0 Å². The Hall–Kier alpha value is -0.770. The molecule has 0 radical (unpaired) electrons. The Morgan fingerprint density at radius 3 is 2.32 bits per heavy atom. The van der Waals surface area contributed by atoms with Gasteiger partial charge >= 0.3 is 0 Å². The van der Waals surface area contributed by atoms with Crippen LogP contribution in [0.1, 0.15) is 47.0 Å². The fourth-order valence-corrected chi connectivity index (χ4v) is 2.43. The van der Waals surface area contributed by atoms with Crippen molar-refractivity contribution in [1.82, 2.24) is 15.5 Å². The molecule has 1 rings (SSSR count). The Morgan fingerprint density at radius 2 is 1.79 bits per heavy atom. The first-order valence-electron chi connectivity index (χ1n) is 7.65. The summed E-state index contributed by atoms with van der Waals surface area (Å²) in [5.74, 6) is 1.55. The molecule has 0 amide bonds. The Kier molecular flexibility index (Phi) is 6.63. The predicted molar refractivity (Wildman–Crippen MR) is 83.7 cm³/mol. The summed E-state index contributed by atoms with van der Waals surface area (Å²) in [7, 11) is 1.84. The Labute approximate surface area is 119 Å². The van der Waals surface area contributed by atoms with Gasteiger partial charge in [-0.1, -0.05) is 20.3 Å². The van der Waals surface area contributed by atoms with Gasteiger partial charge in [-0.3, -0.25) is 9.89 Å². The van der Waals surface area contributed by atoms with Crippen molar-refractivity contribution in [1.29, 1.82) is 0 Å². The maximum atomic E-state index is 4.28. The third-order valence-corrected chi connectivity index (χ3v) is 3.80. The fraction of sp³-hybridized carbons (Fsp3) is 0.933. The summed E-state index contributed by atoms with van der Waals surface area (Å²) in [5.41, 5.74) is 0.190. The van der Waals surface area contributed by atoms with Gasteiger partial charge in [0.2, 0.25) is 0 Å². The van der Waals surface area contributed by atoms with Crippen LogP contribution in [0.5, 0.6) is 0 Å². The molecule has 19 heavy (non-hydrogen) atoms. The van der Waals surface area contributed by atoms with Gasteiger partial charge in [-0.25, -0.2) is 0 Å². The van der Waals surface area contributed by atoms with Gasteiger partial charge in [-0.15, -0.1) is 0 Å². The molecule has 1 saturated heterocycles. The topological polar surface area (TPSA) is 39.7 Å². The van der Waals surface area contributed by atoms with E-state index in [1.54, 1.807) is 0 Å². The number of hydrogen-bond donors (Lipinski definition) is 2. The summed E-state index contributed by atoms with van der Waals surface area (Å²) < 4.78 is 0. The van der Waals surface area contributed by atoms with Crippen molar-refractivity contribution in [3.63, 3.8) is 0 Å². The zero-order chi connectivity index (χ0) is 14.3. The molecule has 4 nitrogen and oxygen atoms in total. The van der Waals surface area contributed by atoms with E-state index in [-0.39, 0.29) is 5.54 Å². The number of aliphatic imine (C=N–C) groups is 1. The smallest absolute Gasteiger partial charge is 0.191 e. The first-order valence-corrected chi connectivity index (χ1v) is 7.65. The van der Waals surface area contributed by atoms with E-state index in [0.717, 1.165) is 19.0 Å². The van der Waals surface area contributed by atoms with Crippen LogP contribution in [0.15, 0.2) is 4.99 Å². The van der Waals surface area contributed by atoms with Crippen LogP contribution in [0.2, 0.25) is 0 Å². The molecule has 0 saturated carbocycles. The molecule has 112 valence electrons. The van der Waals surface area contributed by atoms with E-state index in [9.17, 15) is 0 Å². The molecule has 0 aliphatic carbocycles.